The third-order valence-electron chi connectivity index (χ3n) is 2.92. The lowest BCUT2D eigenvalue weighted by Gasteiger charge is -2.09. The Bertz CT molecular complexity index is 808. The standard InChI is InChI=1S/C15H18N2O4S/c1-11(2)10-21-17-15(18)8-13(9-16-17)12-4-6-14(7-5-12)22(3,19)20/h4-9,11H,10H2,1-3H3. The van der Waals surface area contributed by atoms with Crippen LogP contribution in [0.4, 0.5) is 0 Å². The smallest absolute Gasteiger partial charge is 0.303 e. The van der Waals surface area contributed by atoms with Crippen LogP contribution in [0, 0.1) is 5.92 Å². The predicted octanol–water partition coefficient (Wildman–Crippen LogP) is 1.40. The Morgan fingerprint density at radius 3 is 2.32 bits per heavy atom. The summed E-state index contributed by atoms with van der Waals surface area (Å²) in [5.74, 6) is 0.289. The molecule has 2 rings (SSSR count). The Hall–Kier alpha value is -2.15. The molecule has 2 aromatic rings. The number of hydrogen-bond donors (Lipinski definition) is 0. The van der Waals surface area contributed by atoms with Gasteiger partial charge in [-0.2, -0.15) is 0 Å². The molecule has 0 unspecified atom stereocenters. The van der Waals surface area contributed by atoms with E-state index in [1.165, 1.54) is 24.4 Å². The van der Waals surface area contributed by atoms with Crippen molar-refractivity contribution in [3.63, 3.8) is 0 Å². The summed E-state index contributed by atoms with van der Waals surface area (Å²) < 4.78 is 22.8. The molecular weight excluding hydrogens is 304 g/mol. The van der Waals surface area contributed by atoms with Gasteiger partial charge in [-0.1, -0.05) is 30.8 Å². The minimum Gasteiger partial charge on any atom is -0.393 e. The van der Waals surface area contributed by atoms with Gasteiger partial charge in [0.25, 0.3) is 0 Å². The Kier molecular flexibility index (Phi) is 4.65. The second-order valence-corrected chi connectivity index (χ2v) is 7.46. The molecule has 22 heavy (non-hydrogen) atoms. The van der Waals surface area contributed by atoms with Gasteiger partial charge in [0.05, 0.1) is 11.1 Å². The molecule has 0 aliphatic carbocycles. The normalized spacial score (nSPS) is 11.6. The van der Waals surface area contributed by atoms with E-state index in [-0.39, 0.29) is 16.4 Å². The van der Waals surface area contributed by atoms with Crippen LogP contribution in [0.2, 0.25) is 0 Å². The van der Waals surface area contributed by atoms with Crippen molar-refractivity contribution in [3.8, 4) is 11.1 Å². The second kappa shape index (κ2) is 6.31. The van der Waals surface area contributed by atoms with E-state index in [1.54, 1.807) is 12.1 Å². The first kappa shape index (κ1) is 16.2. The van der Waals surface area contributed by atoms with Gasteiger partial charge in [-0.25, -0.2) is 8.42 Å². The number of nitrogens with zero attached hydrogens (tertiary/aromatic N) is 2. The molecule has 0 N–H and O–H groups in total. The van der Waals surface area contributed by atoms with Crippen LogP contribution in [0.25, 0.3) is 11.1 Å². The van der Waals surface area contributed by atoms with Gasteiger partial charge in [0.2, 0.25) is 0 Å². The third kappa shape index (κ3) is 3.94. The maximum atomic E-state index is 11.9. The van der Waals surface area contributed by atoms with Crippen LogP contribution in [-0.4, -0.2) is 31.2 Å². The predicted molar refractivity (Wildman–Crippen MR) is 83.3 cm³/mol. The number of benzene rings is 1. The molecule has 0 saturated heterocycles. The van der Waals surface area contributed by atoms with E-state index in [1.807, 2.05) is 13.8 Å². The van der Waals surface area contributed by atoms with Crippen molar-refractivity contribution < 1.29 is 13.3 Å². The Labute approximate surface area is 129 Å². The van der Waals surface area contributed by atoms with Crippen molar-refractivity contribution >= 4 is 9.84 Å². The van der Waals surface area contributed by atoms with Crippen molar-refractivity contribution in [2.45, 2.75) is 18.7 Å². The van der Waals surface area contributed by atoms with Gasteiger partial charge in [0.15, 0.2) is 9.84 Å². The molecule has 1 aromatic heterocycles. The molecule has 0 fully saturated rings. The highest BCUT2D eigenvalue weighted by atomic mass is 32.2. The summed E-state index contributed by atoms with van der Waals surface area (Å²) in [7, 11) is -3.23. The Morgan fingerprint density at radius 2 is 1.82 bits per heavy atom. The number of rotatable bonds is 5. The van der Waals surface area contributed by atoms with Crippen LogP contribution in [0.15, 0.2) is 46.2 Å². The summed E-state index contributed by atoms with van der Waals surface area (Å²) in [4.78, 5) is 18.4. The van der Waals surface area contributed by atoms with Crippen LogP contribution in [0.1, 0.15) is 13.8 Å². The second-order valence-electron chi connectivity index (χ2n) is 5.44. The van der Waals surface area contributed by atoms with Crippen LogP contribution in [-0.2, 0) is 9.84 Å². The van der Waals surface area contributed by atoms with Gasteiger partial charge < -0.3 is 4.84 Å². The van der Waals surface area contributed by atoms with Gasteiger partial charge in [-0.15, -0.1) is 5.10 Å². The monoisotopic (exact) mass is 322 g/mol. The fourth-order valence-electron chi connectivity index (χ4n) is 1.77. The summed E-state index contributed by atoms with van der Waals surface area (Å²) in [6.45, 7) is 4.35. The first-order valence-electron chi connectivity index (χ1n) is 6.80. The summed E-state index contributed by atoms with van der Waals surface area (Å²) in [5.41, 5.74) is 0.952. The molecule has 0 amide bonds. The molecule has 1 aromatic carbocycles. The van der Waals surface area contributed by atoms with Crippen molar-refractivity contribution in [1.82, 2.24) is 9.94 Å². The maximum Gasteiger partial charge on any atom is 0.303 e. The van der Waals surface area contributed by atoms with E-state index in [9.17, 15) is 13.2 Å². The number of hydrogen-bond acceptors (Lipinski definition) is 5. The molecule has 0 saturated carbocycles. The molecule has 0 radical (unpaired) electrons. The molecule has 0 spiro atoms. The topological polar surface area (TPSA) is 78.3 Å². The van der Waals surface area contributed by atoms with Crippen LogP contribution >= 0.6 is 0 Å². The van der Waals surface area contributed by atoms with E-state index in [0.717, 1.165) is 11.1 Å². The lowest BCUT2D eigenvalue weighted by molar-refractivity contribution is 0.0540. The first-order chi connectivity index (χ1) is 10.3. The van der Waals surface area contributed by atoms with Crippen molar-refractivity contribution in [1.29, 1.82) is 0 Å². The van der Waals surface area contributed by atoms with E-state index >= 15 is 0 Å². The SMILES string of the molecule is CC(C)COn1ncc(-c2ccc(S(C)(=O)=O)cc2)cc1=O. The first-order valence-corrected chi connectivity index (χ1v) is 8.69. The molecule has 0 bridgehead atoms. The molecule has 1 heterocycles. The van der Waals surface area contributed by atoms with Crippen molar-refractivity contribution in [2.24, 2.45) is 5.92 Å². The van der Waals surface area contributed by atoms with E-state index < -0.39 is 9.84 Å². The Morgan fingerprint density at radius 1 is 1.18 bits per heavy atom. The van der Waals surface area contributed by atoms with Gasteiger partial charge in [0, 0.05) is 17.9 Å². The highest BCUT2D eigenvalue weighted by Gasteiger charge is 2.08. The minimum absolute atomic E-state index is 0.234. The zero-order chi connectivity index (χ0) is 16.3. The lowest BCUT2D eigenvalue weighted by atomic mass is 10.1. The van der Waals surface area contributed by atoms with Crippen LogP contribution in [0.5, 0.6) is 0 Å². The average Bonchev–Trinajstić information content (AvgIpc) is 2.45. The molecule has 0 aliphatic rings. The fraction of sp³-hybridized carbons (Fsp3) is 0.333. The lowest BCUT2D eigenvalue weighted by Crippen LogP contribution is -2.30. The molecule has 7 heteroatoms. The zero-order valence-corrected chi connectivity index (χ0v) is 13.5. The molecule has 0 atom stereocenters. The summed E-state index contributed by atoms with van der Waals surface area (Å²) >= 11 is 0. The largest absolute Gasteiger partial charge is 0.393 e. The van der Waals surface area contributed by atoms with Gasteiger partial charge in [0.1, 0.15) is 6.61 Å². The third-order valence-corrected chi connectivity index (χ3v) is 4.04. The molecule has 6 nitrogen and oxygen atoms in total. The number of aromatic nitrogens is 2. The quantitative estimate of drug-likeness (QED) is 0.831. The molecule has 0 aliphatic heterocycles. The fourth-order valence-corrected chi connectivity index (χ4v) is 2.40. The Balaban J connectivity index is 2.27. The van der Waals surface area contributed by atoms with Gasteiger partial charge >= 0.3 is 5.56 Å². The van der Waals surface area contributed by atoms with Crippen LogP contribution in [0.3, 0.4) is 0 Å². The summed E-state index contributed by atoms with van der Waals surface area (Å²) in [5, 5.41) is 3.96. The summed E-state index contributed by atoms with van der Waals surface area (Å²) in [6.07, 6.45) is 2.66. The van der Waals surface area contributed by atoms with E-state index in [2.05, 4.69) is 5.10 Å². The molecule has 118 valence electrons. The number of sulfone groups is 1. The van der Waals surface area contributed by atoms with Gasteiger partial charge in [-0.05, 0) is 23.6 Å². The van der Waals surface area contributed by atoms with Gasteiger partial charge in [-0.3, -0.25) is 4.79 Å². The molecular formula is C15H18N2O4S. The van der Waals surface area contributed by atoms with E-state index in [4.69, 9.17) is 4.84 Å². The minimum atomic E-state index is -3.23. The zero-order valence-electron chi connectivity index (χ0n) is 12.7. The van der Waals surface area contributed by atoms with Crippen LogP contribution < -0.4 is 10.4 Å². The average molecular weight is 322 g/mol. The van der Waals surface area contributed by atoms with E-state index in [0.29, 0.717) is 17.7 Å². The highest BCUT2D eigenvalue weighted by Crippen LogP contribution is 2.19. The highest BCUT2D eigenvalue weighted by molar-refractivity contribution is 7.90. The van der Waals surface area contributed by atoms with Crippen molar-refractivity contribution in [2.75, 3.05) is 12.9 Å². The maximum absolute atomic E-state index is 11.9. The summed E-state index contributed by atoms with van der Waals surface area (Å²) in [6, 6.07) is 7.71. The van der Waals surface area contributed by atoms with Crippen molar-refractivity contribution in [3.05, 3.63) is 46.9 Å².